The van der Waals surface area contributed by atoms with Crippen molar-refractivity contribution in [3.63, 3.8) is 0 Å². The van der Waals surface area contributed by atoms with Gasteiger partial charge in [-0.1, -0.05) is 42.5 Å². The number of carbonyl (C=O) groups is 2. The van der Waals surface area contributed by atoms with E-state index < -0.39 is 0 Å². The van der Waals surface area contributed by atoms with Gasteiger partial charge >= 0.3 is 0 Å². The Morgan fingerprint density at radius 3 is 2.14 bits per heavy atom. The molecule has 4 nitrogen and oxygen atoms in total. The van der Waals surface area contributed by atoms with Crippen LogP contribution in [0.5, 0.6) is 5.75 Å². The molecule has 1 aliphatic heterocycles. The van der Waals surface area contributed by atoms with Crippen molar-refractivity contribution >= 4 is 22.1 Å². The molecule has 1 N–H and O–H groups in total. The van der Waals surface area contributed by atoms with Gasteiger partial charge in [-0.3, -0.25) is 9.59 Å². The Morgan fingerprint density at radius 1 is 0.952 bits per heavy atom. The van der Waals surface area contributed by atoms with Crippen molar-refractivity contribution in [2.45, 2.75) is 6.04 Å². The van der Waals surface area contributed by atoms with Gasteiger partial charge in [0.05, 0.1) is 12.6 Å². The number of carbonyl (C=O) groups excluding carboxylic acids is 2. The van der Waals surface area contributed by atoms with Crippen LogP contribution >= 0.6 is 11.8 Å². The fraction of sp³-hybridized carbons (Fsp3) is 0.125. The minimum Gasteiger partial charge on any atom is -0.508 e. The van der Waals surface area contributed by atoms with Crippen LogP contribution in [-0.2, 0) is 4.79 Å². The molecular weight excluding hydrogens is 286 g/mol. The summed E-state index contributed by atoms with van der Waals surface area (Å²) in [6.07, 6.45) is 0. The molecule has 21 heavy (non-hydrogen) atoms. The molecule has 1 heterocycles. The molecule has 2 aromatic rings. The molecule has 106 valence electrons. The molecule has 0 spiro atoms. The maximum atomic E-state index is 12.1. The quantitative estimate of drug-likeness (QED) is 0.945. The summed E-state index contributed by atoms with van der Waals surface area (Å²) in [7, 11) is 0. The van der Waals surface area contributed by atoms with E-state index in [9.17, 15) is 14.7 Å². The highest BCUT2D eigenvalue weighted by molar-refractivity contribution is 8.26. The van der Waals surface area contributed by atoms with Crippen LogP contribution in [-0.4, -0.2) is 26.9 Å². The highest BCUT2D eigenvalue weighted by Crippen LogP contribution is 2.35. The number of hydrogen-bond donors (Lipinski definition) is 1. The summed E-state index contributed by atoms with van der Waals surface area (Å²) < 4.78 is 0. The van der Waals surface area contributed by atoms with Crippen LogP contribution in [0, 0.1) is 0 Å². The minimum atomic E-state index is -0.321. The van der Waals surface area contributed by atoms with Crippen LogP contribution in [0.15, 0.2) is 54.6 Å². The first kappa shape index (κ1) is 13.7. The first-order valence-corrected chi connectivity index (χ1v) is 7.32. The van der Waals surface area contributed by atoms with E-state index in [1.807, 2.05) is 30.3 Å². The molecule has 1 atom stereocenters. The van der Waals surface area contributed by atoms with E-state index in [1.165, 1.54) is 0 Å². The third kappa shape index (κ3) is 2.78. The Balaban J connectivity index is 2.05. The van der Waals surface area contributed by atoms with E-state index in [0.717, 1.165) is 22.9 Å². The van der Waals surface area contributed by atoms with Gasteiger partial charge in [0.1, 0.15) is 5.75 Å². The van der Waals surface area contributed by atoms with E-state index in [2.05, 4.69) is 0 Å². The van der Waals surface area contributed by atoms with Crippen LogP contribution < -0.4 is 0 Å². The fourth-order valence-corrected chi connectivity index (χ4v) is 3.12. The number of nitrogens with zero attached hydrogens (tertiary/aromatic N) is 1. The summed E-state index contributed by atoms with van der Waals surface area (Å²) in [4.78, 5) is 25.2. The van der Waals surface area contributed by atoms with Gasteiger partial charge < -0.3 is 10.0 Å². The predicted octanol–water partition coefficient (Wildman–Crippen LogP) is 3.18. The van der Waals surface area contributed by atoms with Crippen molar-refractivity contribution in [3.05, 3.63) is 65.7 Å². The van der Waals surface area contributed by atoms with E-state index in [1.54, 1.807) is 29.2 Å². The second kappa shape index (κ2) is 5.61. The zero-order valence-electron chi connectivity index (χ0n) is 11.1. The first-order chi connectivity index (χ1) is 10.1. The SMILES string of the molecule is O=C1CN(C(c2ccccc2)c2ccc(O)cc2)C(=O)S1. The lowest BCUT2D eigenvalue weighted by molar-refractivity contribution is -0.111. The van der Waals surface area contributed by atoms with Gasteiger partial charge in [-0.25, -0.2) is 0 Å². The molecule has 1 amide bonds. The van der Waals surface area contributed by atoms with Gasteiger partial charge in [0.2, 0.25) is 5.12 Å². The van der Waals surface area contributed by atoms with E-state index in [4.69, 9.17) is 0 Å². The predicted molar refractivity (Wildman–Crippen MR) is 81.1 cm³/mol. The molecule has 1 unspecified atom stereocenters. The normalized spacial score (nSPS) is 16.3. The molecule has 0 aromatic heterocycles. The number of aromatic hydroxyl groups is 1. The smallest absolute Gasteiger partial charge is 0.290 e. The summed E-state index contributed by atoms with van der Waals surface area (Å²) in [5.41, 5.74) is 1.80. The number of benzene rings is 2. The van der Waals surface area contributed by atoms with Gasteiger partial charge in [-0.2, -0.15) is 0 Å². The van der Waals surface area contributed by atoms with E-state index in [0.29, 0.717) is 0 Å². The van der Waals surface area contributed by atoms with E-state index >= 15 is 0 Å². The third-order valence-corrected chi connectivity index (χ3v) is 4.14. The topological polar surface area (TPSA) is 57.6 Å². The highest BCUT2D eigenvalue weighted by atomic mass is 32.2. The molecule has 0 aliphatic carbocycles. The van der Waals surface area contributed by atoms with E-state index in [-0.39, 0.29) is 28.7 Å². The second-order valence-electron chi connectivity index (χ2n) is 4.77. The molecule has 1 saturated heterocycles. The molecule has 0 radical (unpaired) electrons. The van der Waals surface area contributed by atoms with Crippen LogP contribution in [0.2, 0.25) is 0 Å². The van der Waals surface area contributed by atoms with Crippen molar-refractivity contribution in [2.24, 2.45) is 0 Å². The lowest BCUT2D eigenvalue weighted by atomic mass is 9.97. The molecular formula is C16H13NO3S. The molecule has 5 heteroatoms. The number of phenolic OH excluding ortho intramolecular Hbond substituents is 1. The Hall–Kier alpha value is -2.27. The minimum absolute atomic E-state index is 0.101. The molecule has 2 aromatic carbocycles. The second-order valence-corrected chi connectivity index (χ2v) is 5.78. The molecule has 1 fully saturated rings. The van der Waals surface area contributed by atoms with Gasteiger partial charge in [0, 0.05) is 11.8 Å². The summed E-state index contributed by atoms with van der Waals surface area (Å²) in [5.74, 6) is 0.170. The largest absolute Gasteiger partial charge is 0.508 e. The van der Waals surface area contributed by atoms with Crippen LogP contribution in [0.4, 0.5) is 4.79 Å². The Kier molecular flexibility index (Phi) is 3.66. The van der Waals surface area contributed by atoms with Gasteiger partial charge in [0.15, 0.2) is 0 Å². The molecule has 1 aliphatic rings. The molecule has 0 saturated carbocycles. The van der Waals surface area contributed by atoms with Crippen molar-refractivity contribution in [3.8, 4) is 5.75 Å². The van der Waals surface area contributed by atoms with Gasteiger partial charge in [0.25, 0.3) is 5.24 Å². The summed E-state index contributed by atoms with van der Waals surface area (Å²) in [6.45, 7) is 0.101. The van der Waals surface area contributed by atoms with Crippen molar-refractivity contribution in [2.75, 3.05) is 6.54 Å². The third-order valence-electron chi connectivity index (χ3n) is 3.37. The zero-order chi connectivity index (χ0) is 14.8. The first-order valence-electron chi connectivity index (χ1n) is 6.50. The standard InChI is InChI=1S/C16H13NO3S/c18-13-8-6-12(7-9-13)15(11-4-2-1-3-5-11)17-10-14(19)21-16(17)20/h1-9,15,18H,10H2. The van der Waals surface area contributed by atoms with Gasteiger partial charge in [-0.05, 0) is 23.3 Å². The maximum absolute atomic E-state index is 12.1. The van der Waals surface area contributed by atoms with Crippen molar-refractivity contribution in [1.82, 2.24) is 4.90 Å². The maximum Gasteiger partial charge on any atom is 0.290 e. The number of thioether (sulfide) groups is 1. The summed E-state index contributed by atoms with van der Waals surface area (Å²) in [6, 6.07) is 16.0. The van der Waals surface area contributed by atoms with Crippen LogP contribution in [0.25, 0.3) is 0 Å². The summed E-state index contributed by atoms with van der Waals surface area (Å²) in [5, 5.41) is 9.06. The lowest BCUT2D eigenvalue weighted by Gasteiger charge is -2.27. The average Bonchev–Trinajstić information content (AvgIpc) is 2.81. The van der Waals surface area contributed by atoms with Crippen LogP contribution in [0.3, 0.4) is 0 Å². The van der Waals surface area contributed by atoms with Crippen molar-refractivity contribution < 1.29 is 14.7 Å². The van der Waals surface area contributed by atoms with Crippen molar-refractivity contribution in [1.29, 1.82) is 0 Å². The molecule has 3 rings (SSSR count). The van der Waals surface area contributed by atoms with Gasteiger partial charge in [-0.15, -0.1) is 0 Å². The number of amides is 1. The average molecular weight is 299 g/mol. The Bertz CT molecular complexity index is 670. The lowest BCUT2D eigenvalue weighted by Crippen LogP contribution is -2.30. The summed E-state index contributed by atoms with van der Waals surface area (Å²) >= 11 is 0.748. The number of phenols is 1. The molecule has 0 bridgehead atoms. The number of hydrogen-bond acceptors (Lipinski definition) is 4. The monoisotopic (exact) mass is 299 g/mol. The van der Waals surface area contributed by atoms with Crippen LogP contribution in [0.1, 0.15) is 17.2 Å². The Morgan fingerprint density at radius 2 is 1.57 bits per heavy atom. The number of rotatable bonds is 3. The Labute approximate surface area is 126 Å². The highest BCUT2D eigenvalue weighted by Gasteiger charge is 2.35. The zero-order valence-corrected chi connectivity index (χ0v) is 11.9. The fourth-order valence-electron chi connectivity index (χ4n) is 2.43.